The van der Waals surface area contributed by atoms with E-state index in [9.17, 15) is 0 Å². The van der Waals surface area contributed by atoms with Crippen molar-refractivity contribution in [3.05, 3.63) is 23.8 Å². The van der Waals surface area contributed by atoms with Gasteiger partial charge < -0.3 is 15.0 Å². The summed E-state index contributed by atoms with van der Waals surface area (Å²) in [7, 11) is 4.17. The van der Waals surface area contributed by atoms with Crippen LogP contribution < -0.4 is 10.2 Å². The van der Waals surface area contributed by atoms with Crippen molar-refractivity contribution in [3.8, 4) is 0 Å². The second-order valence-corrected chi connectivity index (χ2v) is 6.34. The van der Waals surface area contributed by atoms with Gasteiger partial charge in [0.25, 0.3) is 0 Å². The zero-order valence-electron chi connectivity index (χ0n) is 12.8. The minimum Gasteiger partial charge on any atom is -0.382 e. The van der Waals surface area contributed by atoms with Gasteiger partial charge in [0.2, 0.25) is 0 Å². The van der Waals surface area contributed by atoms with Crippen LogP contribution in [0.15, 0.2) is 18.2 Å². The molecule has 19 heavy (non-hydrogen) atoms. The van der Waals surface area contributed by atoms with E-state index in [0.29, 0.717) is 6.04 Å². The Morgan fingerprint density at radius 3 is 2.68 bits per heavy atom. The molecule has 106 valence electrons. The Bertz CT molecular complexity index is 440. The number of aryl methyl sites for hydroxylation is 1. The van der Waals surface area contributed by atoms with Gasteiger partial charge in [-0.1, -0.05) is 6.07 Å². The molecule has 1 heterocycles. The Morgan fingerprint density at radius 1 is 1.32 bits per heavy atom. The molecule has 1 unspecified atom stereocenters. The number of benzene rings is 1. The van der Waals surface area contributed by atoms with Crippen LogP contribution in [0.3, 0.4) is 0 Å². The van der Waals surface area contributed by atoms with Crippen LogP contribution in [-0.2, 0) is 4.74 Å². The van der Waals surface area contributed by atoms with Gasteiger partial charge in [0.05, 0.1) is 5.60 Å². The van der Waals surface area contributed by atoms with E-state index in [2.05, 4.69) is 63.3 Å². The minimum atomic E-state index is -0.00894. The molecule has 0 aliphatic carbocycles. The average Bonchev–Trinajstić information content (AvgIpc) is 2.30. The molecule has 0 radical (unpaired) electrons. The summed E-state index contributed by atoms with van der Waals surface area (Å²) < 4.78 is 5.77. The summed E-state index contributed by atoms with van der Waals surface area (Å²) in [5.41, 5.74) is 3.78. The fourth-order valence-electron chi connectivity index (χ4n) is 2.77. The number of ether oxygens (including phenoxy) is 1. The van der Waals surface area contributed by atoms with Gasteiger partial charge in [-0.2, -0.15) is 0 Å². The van der Waals surface area contributed by atoms with Crippen LogP contribution in [-0.4, -0.2) is 32.3 Å². The van der Waals surface area contributed by atoms with Crippen molar-refractivity contribution in [2.24, 2.45) is 0 Å². The highest BCUT2D eigenvalue weighted by molar-refractivity contribution is 5.62. The molecule has 1 atom stereocenters. The first kappa shape index (κ1) is 14.2. The van der Waals surface area contributed by atoms with Gasteiger partial charge in [-0.25, -0.2) is 0 Å². The zero-order valence-corrected chi connectivity index (χ0v) is 12.8. The molecule has 1 fully saturated rings. The second kappa shape index (κ2) is 5.41. The van der Waals surface area contributed by atoms with Crippen molar-refractivity contribution in [2.75, 3.05) is 30.9 Å². The lowest BCUT2D eigenvalue weighted by atomic mass is 9.93. The minimum absolute atomic E-state index is 0.00894. The van der Waals surface area contributed by atoms with Crippen molar-refractivity contribution in [2.45, 2.75) is 45.3 Å². The van der Waals surface area contributed by atoms with Gasteiger partial charge in [0, 0.05) is 38.1 Å². The van der Waals surface area contributed by atoms with Crippen LogP contribution in [0.5, 0.6) is 0 Å². The van der Waals surface area contributed by atoms with E-state index in [-0.39, 0.29) is 5.60 Å². The number of hydrogen-bond donors (Lipinski definition) is 1. The van der Waals surface area contributed by atoms with Crippen molar-refractivity contribution in [3.63, 3.8) is 0 Å². The smallest absolute Gasteiger partial charge is 0.0646 e. The van der Waals surface area contributed by atoms with Crippen molar-refractivity contribution in [1.82, 2.24) is 0 Å². The van der Waals surface area contributed by atoms with Crippen LogP contribution in [0.4, 0.5) is 11.4 Å². The van der Waals surface area contributed by atoms with E-state index in [1.807, 2.05) is 0 Å². The lowest BCUT2D eigenvalue weighted by Crippen LogP contribution is -2.40. The predicted octanol–water partition coefficient (Wildman–Crippen LogP) is 3.43. The molecule has 1 aliphatic rings. The first-order chi connectivity index (χ1) is 8.87. The molecule has 0 saturated carbocycles. The van der Waals surface area contributed by atoms with Gasteiger partial charge >= 0.3 is 0 Å². The summed E-state index contributed by atoms with van der Waals surface area (Å²) in [5, 5.41) is 3.65. The third kappa shape index (κ3) is 3.63. The number of anilines is 2. The molecule has 0 aromatic heterocycles. The summed E-state index contributed by atoms with van der Waals surface area (Å²) in [6, 6.07) is 7.09. The second-order valence-electron chi connectivity index (χ2n) is 6.34. The summed E-state index contributed by atoms with van der Waals surface area (Å²) in [4.78, 5) is 2.16. The van der Waals surface area contributed by atoms with E-state index >= 15 is 0 Å². The van der Waals surface area contributed by atoms with Gasteiger partial charge in [-0.05, 0) is 51.3 Å². The quantitative estimate of drug-likeness (QED) is 0.903. The van der Waals surface area contributed by atoms with E-state index in [1.54, 1.807) is 0 Å². The maximum absolute atomic E-state index is 5.77. The average molecular weight is 262 g/mol. The summed E-state index contributed by atoms with van der Waals surface area (Å²) in [5.74, 6) is 0. The summed E-state index contributed by atoms with van der Waals surface area (Å²) >= 11 is 0. The maximum atomic E-state index is 5.77. The summed E-state index contributed by atoms with van der Waals surface area (Å²) in [6.45, 7) is 7.33. The molecular weight excluding hydrogens is 236 g/mol. The van der Waals surface area contributed by atoms with Crippen LogP contribution in [0.2, 0.25) is 0 Å². The van der Waals surface area contributed by atoms with E-state index in [0.717, 1.165) is 19.4 Å². The lowest BCUT2D eigenvalue weighted by molar-refractivity contribution is -0.0553. The molecule has 0 amide bonds. The topological polar surface area (TPSA) is 24.5 Å². The molecule has 1 aliphatic heterocycles. The van der Waals surface area contributed by atoms with E-state index < -0.39 is 0 Å². The van der Waals surface area contributed by atoms with Crippen LogP contribution in [0.1, 0.15) is 32.3 Å². The Hall–Kier alpha value is -1.22. The lowest BCUT2D eigenvalue weighted by Gasteiger charge is -2.36. The molecule has 0 spiro atoms. The highest BCUT2D eigenvalue weighted by Crippen LogP contribution is 2.28. The first-order valence-corrected chi connectivity index (χ1v) is 7.06. The Kier molecular flexibility index (Phi) is 4.04. The predicted molar refractivity (Wildman–Crippen MR) is 82.2 cm³/mol. The van der Waals surface area contributed by atoms with Crippen LogP contribution in [0, 0.1) is 6.92 Å². The SMILES string of the molecule is Cc1ccc(NC2CCOC(C)(C)C2)cc1N(C)C. The van der Waals surface area contributed by atoms with E-state index in [4.69, 9.17) is 4.74 Å². The van der Waals surface area contributed by atoms with Gasteiger partial charge in [0.1, 0.15) is 0 Å². The third-order valence-electron chi connectivity index (χ3n) is 3.76. The molecule has 0 bridgehead atoms. The third-order valence-corrected chi connectivity index (χ3v) is 3.76. The van der Waals surface area contributed by atoms with E-state index in [1.165, 1.54) is 16.9 Å². The number of rotatable bonds is 3. The van der Waals surface area contributed by atoms with Crippen LogP contribution >= 0.6 is 0 Å². The molecule has 1 N–H and O–H groups in total. The van der Waals surface area contributed by atoms with Gasteiger partial charge in [-0.15, -0.1) is 0 Å². The molecule has 3 heteroatoms. The highest BCUT2D eigenvalue weighted by Gasteiger charge is 2.28. The Balaban J connectivity index is 2.09. The fraction of sp³-hybridized carbons (Fsp3) is 0.625. The normalized spacial score (nSPS) is 22.1. The first-order valence-electron chi connectivity index (χ1n) is 7.06. The van der Waals surface area contributed by atoms with Gasteiger partial charge in [-0.3, -0.25) is 0 Å². The molecular formula is C16H26N2O. The Labute approximate surface area is 116 Å². The van der Waals surface area contributed by atoms with Crippen LogP contribution in [0.25, 0.3) is 0 Å². The molecule has 1 saturated heterocycles. The summed E-state index contributed by atoms with van der Waals surface area (Å²) in [6.07, 6.45) is 2.13. The zero-order chi connectivity index (χ0) is 14.0. The molecule has 1 aromatic carbocycles. The number of hydrogen-bond acceptors (Lipinski definition) is 3. The van der Waals surface area contributed by atoms with Crippen molar-refractivity contribution >= 4 is 11.4 Å². The molecule has 1 aromatic rings. The molecule has 2 rings (SSSR count). The standard InChI is InChI=1S/C16H26N2O/c1-12-6-7-13(10-15(12)18(4)5)17-14-8-9-19-16(2,3)11-14/h6-7,10,14,17H,8-9,11H2,1-5H3. The fourth-order valence-corrected chi connectivity index (χ4v) is 2.77. The van der Waals surface area contributed by atoms with Crippen molar-refractivity contribution in [1.29, 1.82) is 0 Å². The van der Waals surface area contributed by atoms with Crippen molar-refractivity contribution < 1.29 is 4.74 Å². The monoisotopic (exact) mass is 262 g/mol. The highest BCUT2D eigenvalue weighted by atomic mass is 16.5. The Morgan fingerprint density at radius 2 is 2.05 bits per heavy atom. The molecule has 3 nitrogen and oxygen atoms in total. The van der Waals surface area contributed by atoms with Gasteiger partial charge in [0.15, 0.2) is 0 Å². The number of nitrogens with zero attached hydrogens (tertiary/aromatic N) is 1. The largest absolute Gasteiger partial charge is 0.382 e. The number of nitrogens with one attached hydrogen (secondary N) is 1. The maximum Gasteiger partial charge on any atom is 0.0646 e.